The Morgan fingerprint density at radius 1 is 1.33 bits per heavy atom. The van der Waals surface area contributed by atoms with Crippen molar-refractivity contribution in [2.75, 3.05) is 0 Å². The van der Waals surface area contributed by atoms with Crippen molar-refractivity contribution in [3.8, 4) is 0 Å². The van der Waals surface area contributed by atoms with Crippen LogP contribution in [0.25, 0.3) is 0 Å². The molecule has 0 rings (SSSR count). The van der Waals surface area contributed by atoms with Crippen molar-refractivity contribution in [2.45, 2.75) is 39.5 Å². The second kappa shape index (κ2) is 12.0. The number of hydrogen-bond acceptors (Lipinski definition) is 1. The summed E-state index contributed by atoms with van der Waals surface area (Å²) >= 11 is 0. The molecule has 0 aromatic rings. The van der Waals surface area contributed by atoms with Gasteiger partial charge in [-0.05, 0) is 12.8 Å². The van der Waals surface area contributed by atoms with E-state index in [2.05, 4.69) is 0 Å². The first-order valence-electron chi connectivity index (χ1n) is 3.95. The summed E-state index contributed by atoms with van der Waals surface area (Å²) in [5.41, 5.74) is 0. The fraction of sp³-hybridized carbons (Fsp3) is 0.875. The van der Waals surface area contributed by atoms with Gasteiger partial charge in [0.1, 0.15) is 0 Å². The Balaban J connectivity index is -0.000000135. The fourth-order valence-corrected chi connectivity index (χ4v) is 1.09. The maximum Gasteiger partial charge on any atom is 1.00 e. The van der Waals surface area contributed by atoms with Crippen LogP contribution in [0.2, 0.25) is 0 Å². The molecule has 0 aliphatic carbocycles. The molecule has 0 aromatic carbocycles. The van der Waals surface area contributed by atoms with E-state index in [1.807, 2.05) is 13.8 Å². The predicted octanol–water partition coefficient (Wildman–Crippen LogP) is -1.78. The Labute approximate surface area is 109 Å². The molecular formula is C8H20AlNaO2. The maximum absolute atomic E-state index is 10.5. The zero-order valence-corrected chi connectivity index (χ0v) is 9.76. The number of hydrogen-bond donors (Lipinski definition) is 1. The minimum atomic E-state index is -0.635. The van der Waals surface area contributed by atoms with E-state index in [0.717, 1.165) is 25.7 Å². The summed E-state index contributed by atoms with van der Waals surface area (Å²) < 4.78 is 0. The van der Waals surface area contributed by atoms with Gasteiger partial charge in [0, 0.05) is 0 Å². The monoisotopic (exact) mass is 198 g/mol. The molecule has 0 bridgehead atoms. The summed E-state index contributed by atoms with van der Waals surface area (Å²) in [6.45, 7) is 4.04. The third-order valence-electron chi connectivity index (χ3n) is 1.62. The van der Waals surface area contributed by atoms with E-state index < -0.39 is 5.97 Å². The van der Waals surface area contributed by atoms with Crippen LogP contribution in [0.3, 0.4) is 0 Å². The smallest absolute Gasteiger partial charge is 1.00 e. The van der Waals surface area contributed by atoms with Crippen LogP contribution >= 0.6 is 0 Å². The zero-order valence-electron chi connectivity index (χ0n) is 8.76. The molecule has 0 saturated carbocycles. The Kier molecular flexibility index (Phi) is 18.7. The maximum atomic E-state index is 10.5. The zero-order chi connectivity index (χ0) is 7.98. The summed E-state index contributed by atoms with van der Waals surface area (Å²) in [6.07, 6.45) is 3.58. The molecule has 0 aromatic heterocycles. The van der Waals surface area contributed by atoms with Gasteiger partial charge in [-0.3, -0.25) is 4.79 Å². The van der Waals surface area contributed by atoms with Crippen LogP contribution in [0.5, 0.6) is 0 Å². The first-order valence-corrected chi connectivity index (χ1v) is 3.95. The van der Waals surface area contributed by atoms with Crippen LogP contribution in [0.1, 0.15) is 41.0 Å². The Morgan fingerprint density at radius 2 is 1.67 bits per heavy atom. The van der Waals surface area contributed by atoms with Crippen molar-refractivity contribution in [1.82, 2.24) is 0 Å². The standard InChI is InChI=1S/C8H16O2.Al.Na.4H/c1-3-5-7(6-4-2)8(9)10;;;;;;/h7H,3-6H2,1-2H3,(H,9,10);;;;;;/q;;+1;;;;-1. The second-order valence-corrected chi connectivity index (χ2v) is 2.61. The topological polar surface area (TPSA) is 37.3 Å². The summed E-state index contributed by atoms with van der Waals surface area (Å²) in [5.74, 6) is -0.737. The van der Waals surface area contributed by atoms with E-state index in [1.54, 1.807) is 0 Å². The molecule has 0 amide bonds. The molecule has 0 saturated heterocycles. The van der Waals surface area contributed by atoms with Crippen molar-refractivity contribution in [2.24, 2.45) is 5.92 Å². The van der Waals surface area contributed by atoms with Crippen LogP contribution in [-0.2, 0) is 4.79 Å². The van der Waals surface area contributed by atoms with Gasteiger partial charge in [-0.25, -0.2) is 0 Å². The Morgan fingerprint density at radius 3 is 1.83 bits per heavy atom. The van der Waals surface area contributed by atoms with E-state index in [4.69, 9.17) is 5.11 Å². The van der Waals surface area contributed by atoms with Crippen molar-refractivity contribution in [1.29, 1.82) is 0 Å². The molecule has 2 nitrogen and oxygen atoms in total. The molecule has 0 heterocycles. The molecule has 1 N–H and O–H groups in total. The molecule has 0 fully saturated rings. The largest absolute Gasteiger partial charge is 1.00 e. The minimum absolute atomic E-state index is 0. The van der Waals surface area contributed by atoms with Gasteiger partial charge < -0.3 is 6.53 Å². The molecule has 0 aliphatic rings. The van der Waals surface area contributed by atoms with Gasteiger partial charge in [-0.15, -0.1) is 0 Å². The summed E-state index contributed by atoms with van der Waals surface area (Å²) in [6, 6.07) is 0. The molecule has 0 unspecified atom stereocenters. The SMILES string of the molecule is CCCC(CCC)C(=O)O.[AlH3].[H-].[Na+]. The van der Waals surface area contributed by atoms with E-state index in [0.29, 0.717) is 0 Å². The fourth-order valence-electron chi connectivity index (χ4n) is 1.09. The molecule has 12 heavy (non-hydrogen) atoms. The molecule has 0 atom stereocenters. The van der Waals surface area contributed by atoms with Crippen LogP contribution < -0.4 is 29.6 Å². The van der Waals surface area contributed by atoms with Crippen LogP contribution in [0, 0.1) is 5.92 Å². The van der Waals surface area contributed by atoms with Crippen molar-refractivity contribution < 1.29 is 40.9 Å². The molecule has 0 radical (unpaired) electrons. The number of carboxylic acids is 1. The first-order chi connectivity index (χ1) is 4.72. The third kappa shape index (κ3) is 9.09. The van der Waals surface area contributed by atoms with Gasteiger partial charge >= 0.3 is 35.5 Å². The van der Waals surface area contributed by atoms with E-state index in [9.17, 15) is 4.79 Å². The minimum Gasteiger partial charge on any atom is -1.00 e. The average molecular weight is 198 g/mol. The Bertz CT molecular complexity index is 108. The van der Waals surface area contributed by atoms with Gasteiger partial charge in [0.25, 0.3) is 0 Å². The summed E-state index contributed by atoms with van der Waals surface area (Å²) in [7, 11) is 0. The molecule has 68 valence electrons. The second-order valence-electron chi connectivity index (χ2n) is 2.61. The van der Waals surface area contributed by atoms with Crippen LogP contribution in [-0.4, -0.2) is 28.4 Å². The summed E-state index contributed by atoms with van der Waals surface area (Å²) in [4.78, 5) is 10.5. The van der Waals surface area contributed by atoms with Gasteiger partial charge in [0.2, 0.25) is 0 Å². The van der Waals surface area contributed by atoms with E-state index >= 15 is 0 Å². The molecular weight excluding hydrogens is 178 g/mol. The van der Waals surface area contributed by atoms with Crippen molar-refractivity contribution >= 4 is 23.3 Å². The first kappa shape index (κ1) is 18.7. The number of aliphatic carboxylic acids is 1. The average Bonchev–Trinajstić information content (AvgIpc) is 1.87. The Hall–Kier alpha value is 1.00. The van der Waals surface area contributed by atoms with Gasteiger partial charge in [-0.1, -0.05) is 26.7 Å². The molecule has 4 heteroatoms. The third-order valence-corrected chi connectivity index (χ3v) is 1.62. The predicted molar refractivity (Wildman–Crippen MR) is 52.0 cm³/mol. The normalized spacial score (nSPS) is 8.58. The van der Waals surface area contributed by atoms with Crippen molar-refractivity contribution in [3.05, 3.63) is 0 Å². The van der Waals surface area contributed by atoms with Crippen molar-refractivity contribution in [3.63, 3.8) is 0 Å². The number of carboxylic acid groups (broad SMARTS) is 1. The van der Waals surface area contributed by atoms with E-state index in [-0.39, 0.29) is 54.3 Å². The van der Waals surface area contributed by atoms with Gasteiger partial charge in [0.05, 0.1) is 5.92 Å². The van der Waals surface area contributed by atoms with Crippen LogP contribution in [0.15, 0.2) is 0 Å². The molecule has 0 aliphatic heterocycles. The summed E-state index contributed by atoms with van der Waals surface area (Å²) in [5, 5.41) is 8.64. The van der Waals surface area contributed by atoms with Gasteiger partial charge in [-0.2, -0.15) is 0 Å². The quantitative estimate of drug-likeness (QED) is 0.530. The number of rotatable bonds is 5. The number of carbonyl (C=O) groups is 1. The van der Waals surface area contributed by atoms with E-state index in [1.165, 1.54) is 0 Å². The van der Waals surface area contributed by atoms with Crippen LogP contribution in [0.4, 0.5) is 0 Å². The molecule has 0 spiro atoms. The van der Waals surface area contributed by atoms with Gasteiger partial charge in [0.15, 0.2) is 17.4 Å².